The van der Waals surface area contributed by atoms with Crippen molar-refractivity contribution < 1.29 is 5.11 Å². The van der Waals surface area contributed by atoms with Gasteiger partial charge >= 0.3 is 0 Å². The van der Waals surface area contributed by atoms with Crippen LogP contribution in [0.25, 0.3) is 5.57 Å². The van der Waals surface area contributed by atoms with E-state index < -0.39 is 0 Å². The molecule has 23 heavy (non-hydrogen) atoms. The first kappa shape index (κ1) is 15.9. The Bertz CT molecular complexity index is 670. The van der Waals surface area contributed by atoms with Crippen molar-refractivity contribution in [3.8, 4) is 0 Å². The Morgan fingerprint density at radius 1 is 1.26 bits per heavy atom. The van der Waals surface area contributed by atoms with E-state index in [9.17, 15) is 5.11 Å². The molecular weight excluding hydrogens is 284 g/mol. The van der Waals surface area contributed by atoms with Crippen LogP contribution in [-0.2, 0) is 0 Å². The molecule has 0 radical (unpaired) electrons. The van der Waals surface area contributed by atoms with Crippen LogP contribution < -0.4 is 5.32 Å². The second kappa shape index (κ2) is 6.63. The predicted octanol–water partition coefficient (Wildman–Crippen LogP) is 4.22. The van der Waals surface area contributed by atoms with Crippen molar-refractivity contribution in [2.75, 3.05) is 26.0 Å². The van der Waals surface area contributed by atoms with Crippen LogP contribution in [0.1, 0.15) is 25.3 Å². The summed E-state index contributed by atoms with van der Waals surface area (Å²) in [5.41, 5.74) is 5.01. The van der Waals surface area contributed by atoms with Gasteiger partial charge in [0.15, 0.2) is 0 Å². The van der Waals surface area contributed by atoms with Gasteiger partial charge < -0.3 is 15.3 Å². The first-order chi connectivity index (χ1) is 11.0. The molecule has 0 amide bonds. The zero-order valence-electron chi connectivity index (χ0n) is 14.2. The van der Waals surface area contributed by atoms with E-state index in [0.29, 0.717) is 11.7 Å². The molecule has 2 atom stereocenters. The standard InChI is InChI=1S/C20H26N2O/c1-14(13-22(2)3)10-15-11-16-12-17(23)8-9-19(16)21-20-7-5-4-6-18(15)20/h4-8,11-12,14,19,21,23H,9-10,13H2,1-3H3. The van der Waals surface area contributed by atoms with Gasteiger partial charge in [0.25, 0.3) is 0 Å². The third-order valence-corrected chi connectivity index (χ3v) is 4.47. The lowest BCUT2D eigenvalue weighted by atomic mass is 9.91. The molecule has 2 aliphatic rings. The number of nitrogens with zero attached hydrogens (tertiary/aromatic N) is 1. The van der Waals surface area contributed by atoms with Crippen molar-refractivity contribution >= 4 is 11.3 Å². The molecule has 2 unspecified atom stereocenters. The lowest BCUT2D eigenvalue weighted by molar-refractivity contribution is 0.343. The monoisotopic (exact) mass is 310 g/mol. The fraction of sp³-hybridized carbons (Fsp3) is 0.400. The minimum absolute atomic E-state index is 0.244. The number of fused-ring (bicyclic) bond motifs is 2. The summed E-state index contributed by atoms with van der Waals surface area (Å²) < 4.78 is 0. The number of para-hydroxylation sites is 1. The quantitative estimate of drug-likeness (QED) is 0.874. The maximum absolute atomic E-state index is 9.87. The number of benzene rings is 1. The molecule has 3 rings (SSSR count). The maximum atomic E-state index is 9.87. The number of allylic oxidation sites excluding steroid dienone is 2. The second-order valence-corrected chi connectivity index (χ2v) is 6.99. The molecule has 1 aliphatic heterocycles. The highest BCUT2D eigenvalue weighted by Crippen LogP contribution is 2.36. The summed E-state index contributed by atoms with van der Waals surface area (Å²) >= 11 is 0. The van der Waals surface area contributed by atoms with Crippen molar-refractivity contribution in [1.82, 2.24) is 4.90 Å². The Labute approximate surface area is 139 Å². The van der Waals surface area contributed by atoms with Crippen LogP contribution in [0.4, 0.5) is 5.69 Å². The Hall–Kier alpha value is -2.00. The summed E-state index contributed by atoms with van der Waals surface area (Å²) in [6.07, 6.45) is 7.91. The van der Waals surface area contributed by atoms with Gasteiger partial charge in [-0.05, 0) is 62.2 Å². The van der Waals surface area contributed by atoms with Gasteiger partial charge in [-0.1, -0.05) is 31.2 Å². The zero-order valence-corrected chi connectivity index (χ0v) is 14.2. The molecule has 1 aromatic rings. The number of hydrogen-bond donors (Lipinski definition) is 2. The van der Waals surface area contributed by atoms with Crippen molar-refractivity contribution in [2.24, 2.45) is 5.92 Å². The van der Waals surface area contributed by atoms with Crippen molar-refractivity contribution in [1.29, 1.82) is 0 Å². The Morgan fingerprint density at radius 2 is 2.04 bits per heavy atom. The Balaban J connectivity index is 1.96. The summed E-state index contributed by atoms with van der Waals surface area (Å²) in [5, 5.41) is 13.5. The number of hydrogen-bond acceptors (Lipinski definition) is 3. The topological polar surface area (TPSA) is 35.5 Å². The summed E-state index contributed by atoms with van der Waals surface area (Å²) in [5.74, 6) is 0.954. The molecular formula is C20H26N2O. The smallest absolute Gasteiger partial charge is 0.112 e. The van der Waals surface area contributed by atoms with Crippen molar-refractivity contribution in [3.05, 3.63) is 59.4 Å². The molecule has 1 aromatic carbocycles. The fourth-order valence-electron chi connectivity index (χ4n) is 3.58. The molecule has 0 saturated heterocycles. The number of aliphatic hydroxyl groups excluding tert-OH is 1. The summed E-state index contributed by atoms with van der Waals surface area (Å²) in [4.78, 5) is 2.24. The van der Waals surface area contributed by atoms with Gasteiger partial charge in [-0.25, -0.2) is 0 Å². The van der Waals surface area contributed by atoms with Gasteiger partial charge in [-0.15, -0.1) is 0 Å². The number of anilines is 1. The van der Waals surface area contributed by atoms with E-state index in [4.69, 9.17) is 0 Å². The minimum atomic E-state index is 0.244. The van der Waals surface area contributed by atoms with Crippen LogP contribution in [0.3, 0.4) is 0 Å². The van der Waals surface area contributed by atoms with E-state index in [2.05, 4.69) is 61.6 Å². The summed E-state index contributed by atoms with van der Waals surface area (Å²) in [6, 6.07) is 8.78. The average molecular weight is 310 g/mol. The first-order valence-corrected chi connectivity index (χ1v) is 8.35. The molecule has 2 N–H and O–H groups in total. The first-order valence-electron chi connectivity index (χ1n) is 8.35. The van der Waals surface area contributed by atoms with Crippen LogP contribution in [0.2, 0.25) is 0 Å². The number of nitrogens with one attached hydrogen (secondary N) is 1. The molecule has 0 saturated carbocycles. The van der Waals surface area contributed by atoms with E-state index in [1.807, 2.05) is 12.2 Å². The average Bonchev–Trinajstić information content (AvgIpc) is 2.63. The molecule has 1 aliphatic carbocycles. The fourth-order valence-corrected chi connectivity index (χ4v) is 3.58. The molecule has 3 nitrogen and oxygen atoms in total. The highest BCUT2D eigenvalue weighted by atomic mass is 16.3. The van der Waals surface area contributed by atoms with Gasteiger partial charge in [0.1, 0.15) is 5.76 Å². The van der Waals surface area contributed by atoms with E-state index >= 15 is 0 Å². The lowest BCUT2D eigenvalue weighted by Crippen LogP contribution is -2.22. The van der Waals surface area contributed by atoms with Crippen molar-refractivity contribution in [3.63, 3.8) is 0 Å². The van der Waals surface area contributed by atoms with Crippen LogP contribution in [0, 0.1) is 5.92 Å². The third kappa shape index (κ3) is 3.67. The molecule has 0 aromatic heterocycles. The van der Waals surface area contributed by atoms with Gasteiger partial charge in [0.05, 0.1) is 6.04 Å². The Morgan fingerprint density at radius 3 is 2.83 bits per heavy atom. The van der Waals surface area contributed by atoms with E-state index in [1.54, 1.807) is 0 Å². The number of rotatable bonds is 4. The largest absolute Gasteiger partial charge is 0.508 e. The summed E-state index contributed by atoms with van der Waals surface area (Å²) in [6.45, 7) is 3.37. The third-order valence-electron chi connectivity index (χ3n) is 4.47. The van der Waals surface area contributed by atoms with E-state index in [1.165, 1.54) is 22.4 Å². The normalized spacial score (nSPS) is 21.2. The lowest BCUT2D eigenvalue weighted by Gasteiger charge is -2.21. The highest BCUT2D eigenvalue weighted by molar-refractivity contribution is 5.81. The van der Waals surface area contributed by atoms with Gasteiger partial charge in [-0.3, -0.25) is 0 Å². The molecule has 0 bridgehead atoms. The predicted molar refractivity (Wildman–Crippen MR) is 97.6 cm³/mol. The van der Waals surface area contributed by atoms with Crippen LogP contribution >= 0.6 is 0 Å². The molecule has 3 heteroatoms. The molecule has 0 fully saturated rings. The Kier molecular flexibility index (Phi) is 4.58. The van der Waals surface area contributed by atoms with Gasteiger partial charge in [0.2, 0.25) is 0 Å². The second-order valence-electron chi connectivity index (χ2n) is 6.99. The van der Waals surface area contributed by atoms with E-state index in [0.717, 1.165) is 19.4 Å². The van der Waals surface area contributed by atoms with Crippen LogP contribution in [0.15, 0.2) is 53.8 Å². The molecule has 1 heterocycles. The zero-order chi connectivity index (χ0) is 16.4. The minimum Gasteiger partial charge on any atom is -0.508 e. The highest BCUT2D eigenvalue weighted by Gasteiger charge is 2.23. The van der Waals surface area contributed by atoms with Gasteiger partial charge in [0, 0.05) is 17.8 Å². The van der Waals surface area contributed by atoms with Crippen LogP contribution in [-0.4, -0.2) is 36.7 Å². The van der Waals surface area contributed by atoms with E-state index in [-0.39, 0.29) is 6.04 Å². The number of aliphatic hydroxyl groups is 1. The van der Waals surface area contributed by atoms with Crippen LogP contribution in [0.5, 0.6) is 0 Å². The maximum Gasteiger partial charge on any atom is 0.112 e. The van der Waals surface area contributed by atoms with Crippen molar-refractivity contribution in [2.45, 2.75) is 25.8 Å². The molecule has 0 spiro atoms. The molecule has 122 valence electrons. The SMILES string of the molecule is CC(CC1=CC2=CC(O)=CCC2Nc2ccccc21)CN(C)C. The summed E-state index contributed by atoms with van der Waals surface area (Å²) in [7, 11) is 4.24. The van der Waals surface area contributed by atoms with Gasteiger partial charge in [-0.2, -0.15) is 0 Å².